The Kier molecular flexibility index (Phi) is 6.81. The van der Waals surface area contributed by atoms with Gasteiger partial charge in [-0.2, -0.15) is 0 Å². The Hall–Kier alpha value is -2.84. The molecule has 166 valence electrons. The minimum atomic E-state index is -0.502. The zero-order chi connectivity index (χ0) is 22.6. The Labute approximate surface area is 192 Å². The number of hydrogen-bond acceptors (Lipinski definition) is 2. The molecule has 1 aliphatic heterocycles. The van der Waals surface area contributed by atoms with Crippen LogP contribution in [-0.2, 0) is 23.2 Å². The quantitative estimate of drug-likeness (QED) is 0.426. The summed E-state index contributed by atoms with van der Waals surface area (Å²) in [5.41, 5.74) is 6.83. The van der Waals surface area contributed by atoms with Crippen molar-refractivity contribution in [2.45, 2.75) is 58.0 Å². The second-order valence-electron chi connectivity index (χ2n) is 9.40. The van der Waals surface area contributed by atoms with Crippen molar-refractivity contribution in [1.29, 1.82) is 0 Å². The molecule has 1 aliphatic rings. The SMILES string of the molecule is Cc1ccc(C(C)C)c(CC2=C(O)CC(CCc3ccccc3)(c3ccccc3)OC2)c1. The molecule has 0 fully saturated rings. The molecule has 1 N–H and O–H groups in total. The van der Waals surface area contributed by atoms with Crippen molar-refractivity contribution in [3.63, 3.8) is 0 Å². The van der Waals surface area contributed by atoms with Crippen LogP contribution in [0.5, 0.6) is 0 Å². The maximum atomic E-state index is 11.2. The van der Waals surface area contributed by atoms with Gasteiger partial charge in [0.15, 0.2) is 0 Å². The van der Waals surface area contributed by atoms with Crippen molar-refractivity contribution in [1.82, 2.24) is 0 Å². The summed E-state index contributed by atoms with van der Waals surface area (Å²) in [6.45, 7) is 7.04. The van der Waals surface area contributed by atoms with Gasteiger partial charge in [0.2, 0.25) is 0 Å². The van der Waals surface area contributed by atoms with E-state index in [1.165, 1.54) is 22.3 Å². The van der Waals surface area contributed by atoms with Crippen molar-refractivity contribution in [2.24, 2.45) is 0 Å². The van der Waals surface area contributed by atoms with Crippen LogP contribution in [0.2, 0.25) is 0 Å². The second kappa shape index (κ2) is 9.75. The van der Waals surface area contributed by atoms with E-state index in [1.807, 2.05) is 12.1 Å². The summed E-state index contributed by atoms with van der Waals surface area (Å²) in [5, 5.41) is 11.2. The first-order valence-electron chi connectivity index (χ1n) is 11.7. The number of rotatable bonds is 7. The molecule has 0 aliphatic carbocycles. The van der Waals surface area contributed by atoms with Gasteiger partial charge in [0.25, 0.3) is 0 Å². The molecule has 1 atom stereocenters. The fraction of sp³-hybridized carbons (Fsp3) is 0.333. The van der Waals surface area contributed by atoms with Gasteiger partial charge in [-0.3, -0.25) is 0 Å². The third-order valence-corrected chi connectivity index (χ3v) is 6.67. The highest BCUT2D eigenvalue weighted by Crippen LogP contribution is 2.41. The average molecular weight is 427 g/mol. The maximum absolute atomic E-state index is 11.2. The first-order valence-corrected chi connectivity index (χ1v) is 11.7. The smallest absolute Gasteiger partial charge is 0.101 e. The van der Waals surface area contributed by atoms with E-state index in [9.17, 15) is 5.11 Å². The summed E-state index contributed by atoms with van der Waals surface area (Å²) < 4.78 is 6.64. The Morgan fingerprint density at radius 1 is 0.938 bits per heavy atom. The van der Waals surface area contributed by atoms with Gasteiger partial charge < -0.3 is 9.84 Å². The third kappa shape index (κ3) is 4.97. The molecule has 0 bridgehead atoms. The van der Waals surface area contributed by atoms with Gasteiger partial charge in [-0.25, -0.2) is 0 Å². The topological polar surface area (TPSA) is 29.5 Å². The largest absolute Gasteiger partial charge is 0.512 e. The minimum absolute atomic E-state index is 0.451. The molecule has 0 radical (unpaired) electrons. The zero-order valence-electron chi connectivity index (χ0n) is 19.5. The predicted octanol–water partition coefficient (Wildman–Crippen LogP) is 7.42. The van der Waals surface area contributed by atoms with Crippen LogP contribution < -0.4 is 0 Å². The van der Waals surface area contributed by atoms with Crippen LogP contribution in [0.1, 0.15) is 60.4 Å². The van der Waals surface area contributed by atoms with Crippen molar-refractivity contribution >= 4 is 0 Å². The van der Waals surface area contributed by atoms with Crippen LogP contribution in [0.15, 0.2) is 90.2 Å². The van der Waals surface area contributed by atoms with Gasteiger partial charge >= 0.3 is 0 Å². The zero-order valence-corrected chi connectivity index (χ0v) is 19.5. The van der Waals surface area contributed by atoms with Crippen LogP contribution >= 0.6 is 0 Å². The van der Waals surface area contributed by atoms with E-state index in [4.69, 9.17) is 4.74 Å². The normalized spacial score (nSPS) is 18.9. The lowest BCUT2D eigenvalue weighted by atomic mass is 9.81. The standard InChI is InChI=1S/C30H34O2/c1-22(2)28-15-14-23(3)18-25(28)19-26-21-32-30(20-29(26)31,27-12-8-5-9-13-27)17-16-24-10-6-4-7-11-24/h4-15,18,22,31H,16-17,19-21H2,1-3H3. The van der Waals surface area contributed by atoms with Crippen molar-refractivity contribution in [3.8, 4) is 0 Å². The van der Waals surface area contributed by atoms with E-state index < -0.39 is 5.60 Å². The fourth-order valence-electron chi connectivity index (χ4n) is 4.81. The number of hydrogen-bond donors (Lipinski definition) is 1. The molecule has 0 saturated heterocycles. The lowest BCUT2D eigenvalue weighted by Crippen LogP contribution is -2.36. The van der Waals surface area contributed by atoms with E-state index in [1.54, 1.807) is 0 Å². The van der Waals surface area contributed by atoms with Crippen LogP contribution in [0.4, 0.5) is 0 Å². The van der Waals surface area contributed by atoms with Crippen LogP contribution in [0, 0.1) is 6.92 Å². The molecular formula is C30H34O2. The molecule has 3 aromatic rings. The molecule has 1 unspecified atom stereocenters. The van der Waals surface area contributed by atoms with Crippen molar-refractivity contribution in [2.75, 3.05) is 6.61 Å². The van der Waals surface area contributed by atoms with Gasteiger partial charge in [0, 0.05) is 6.42 Å². The number of aryl methyl sites for hydroxylation is 2. The molecule has 0 saturated carbocycles. The van der Waals surface area contributed by atoms with Crippen LogP contribution in [-0.4, -0.2) is 11.7 Å². The van der Waals surface area contributed by atoms with Gasteiger partial charge in [0.1, 0.15) is 5.60 Å². The predicted molar refractivity (Wildman–Crippen MR) is 132 cm³/mol. The molecular weight excluding hydrogens is 392 g/mol. The summed E-state index contributed by atoms with van der Waals surface area (Å²) >= 11 is 0. The lowest BCUT2D eigenvalue weighted by molar-refractivity contribution is -0.0661. The van der Waals surface area contributed by atoms with E-state index in [2.05, 4.69) is 87.5 Å². The van der Waals surface area contributed by atoms with E-state index in [-0.39, 0.29) is 0 Å². The molecule has 0 aromatic heterocycles. The summed E-state index contributed by atoms with van der Waals surface area (Å²) in [6, 6.07) is 27.6. The molecule has 4 rings (SSSR count). The second-order valence-corrected chi connectivity index (χ2v) is 9.40. The number of aliphatic hydroxyl groups is 1. The summed E-state index contributed by atoms with van der Waals surface area (Å²) in [4.78, 5) is 0. The Bertz CT molecular complexity index is 1070. The maximum Gasteiger partial charge on any atom is 0.101 e. The van der Waals surface area contributed by atoms with Gasteiger partial charge in [-0.05, 0) is 59.9 Å². The molecule has 2 nitrogen and oxygen atoms in total. The molecule has 32 heavy (non-hydrogen) atoms. The lowest BCUT2D eigenvalue weighted by Gasteiger charge is -2.39. The van der Waals surface area contributed by atoms with Gasteiger partial charge in [0.05, 0.1) is 12.4 Å². The van der Waals surface area contributed by atoms with Crippen molar-refractivity contribution < 1.29 is 9.84 Å². The highest BCUT2D eigenvalue weighted by atomic mass is 16.5. The number of benzene rings is 3. The molecule has 1 heterocycles. The number of aliphatic hydroxyl groups excluding tert-OH is 1. The first-order chi connectivity index (χ1) is 15.5. The minimum Gasteiger partial charge on any atom is -0.512 e. The first kappa shape index (κ1) is 22.4. The van der Waals surface area contributed by atoms with Gasteiger partial charge in [-0.15, -0.1) is 0 Å². The van der Waals surface area contributed by atoms with Crippen molar-refractivity contribution in [3.05, 3.63) is 118 Å². The third-order valence-electron chi connectivity index (χ3n) is 6.67. The molecule has 0 spiro atoms. The Morgan fingerprint density at radius 3 is 2.28 bits per heavy atom. The number of ether oxygens (including phenoxy) is 1. The van der Waals surface area contributed by atoms with Crippen LogP contribution in [0.25, 0.3) is 0 Å². The highest BCUT2D eigenvalue weighted by Gasteiger charge is 2.38. The Morgan fingerprint density at radius 2 is 1.62 bits per heavy atom. The molecule has 2 heteroatoms. The average Bonchev–Trinajstić information content (AvgIpc) is 2.80. The van der Waals surface area contributed by atoms with E-state index >= 15 is 0 Å². The highest BCUT2D eigenvalue weighted by molar-refractivity contribution is 5.38. The van der Waals surface area contributed by atoms with E-state index in [0.29, 0.717) is 24.7 Å². The monoisotopic (exact) mass is 426 g/mol. The van der Waals surface area contributed by atoms with Gasteiger partial charge in [-0.1, -0.05) is 98.3 Å². The fourth-order valence-corrected chi connectivity index (χ4v) is 4.81. The van der Waals surface area contributed by atoms with E-state index in [0.717, 1.165) is 30.4 Å². The Balaban J connectivity index is 1.61. The summed E-state index contributed by atoms with van der Waals surface area (Å²) in [6.07, 6.45) is 3.00. The summed E-state index contributed by atoms with van der Waals surface area (Å²) in [7, 11) is 0. The van der Waals surface area contributed by atoms with Crippen LogP contribution in [0.3, 0.4) is 0 Å². The summed E-state index contributed by atoms with van der Waals surface area (Å²) in [5.74, 6) is 0.941. The molecule has 3 aromatic carbocycles. The molecule has 0 amide bonds.